The molecule has 2 nitrogen and oxygen atoms in total. The van der Waals surface area contributed by atoms with Gasteiger partial charge in [0.15, 0.2) is 0 Å². The van der Waals surface area contributed by atoms with Gasteiger partial charge in [-0.2, -0.15) is 0 Å². The van der Waals surface area contributed by atoms with Crippen LogP contribution in [0.5, 0.6) is 5.75 Å². The van der Waals surface area contributed by atoms with Gasteiger partial charge < -0.3 is 4.74 Å². The maximum absolute atomic E-state index is 12.5. The van der Waals surface area contributed by atoms with Crippen LogP contribution in [0, 0.1) is 5.82 Å². The van der Waals surface area contributed by atoms with Gasteiger partial charge in [0.2, 0.25) is 0 Å². The number of hydrogen-bond acceptors (Lipinski definition) is 2. The quantitative estimate of drug-likeness (QED) is 0.423. The lowest BCUT2D eigenvalue weighted by Crippen LogP contribution is -2.07. The first-order chi connectivity index (χ1) is 7.22. The van der Waals surface area contributed by atoms with Crippen molar-refractivity contribution in [3.8, 4) is 5.75 Å². The summed E-state index contributed by atoms with van der Waals surface area (Å²) in [5, 5.41) is 0. The number of unbranched alkanes of at least 4 members (excludes halogenated alkanes) is 2. The Morgan fingerprint density at radius 3 is 2.53 bits per heavy atom. The van der Waals surface area contributed by atoms with E-state index in [1.54, 1.807) is 0 Å². The Labute approximate surface area is 89.1 Å². The van der Waals surface area contributed by atoms with E-state index in [-0.39, 0.29) is 11.8 Å². The third-order valence-electron chi connectivity index (χ3n) is 2.03. The Bertz CT molecular complexity index is 306. The fraction of sp³-hybridized carbons (Fsp3) is 0.417. The van der Waals surface area contributed by atoms with Crippen LogP contribution in [0.2, 0.25) is 0 Å². The summed E-state index contributed by atoms with van der Waals surface area (Å²) >= 11 is 0. The molecule has 0 aliphatic carbocycles. The van der Waals surface area contributed by atoms with E-state index in [9.17, 15) is 9.18 Å². The molecule has 82 valence electrons. The van der Waals surface area contributed by atoms with Gasteiger partial charge in [-0.05, 0) is 30.7 Å². The molecule has 0 atom stereocenters. The first-order valence-corrected chi connectivity index (χ1v) is 5.18. The lowest BCUT2D eigenvalue weighted by molar-refractivity contribution is -0.134. The van der Waals surface area contributed by atoms with Gasteiger partial charge in [0.05, 0.1) is 0 Å². The SMILES string of the molecule is CCCCCC(=O)Oc1ccc(F)cc1. The summed E-state index contributed by atoms with van der Waals surface area (Å²) in [6.07, 6.45) is 3.37. The number of halogens is 1. The molecule has 0 radical (unpaired) electrons. The highest BCUT2D eigenvalue weighted by Gasteiger charge is 2.03. The average molecular weight is 210 g/mol. The van der Waals surface area contributed by atoms with Crippen LogP contribution in [0.3, 0.4) is 0 Å². The van der Waals surface area contributed by atoms with Gasteiger partial charge in [-0.25, -0.2) is 4.39 Å². The molecule has 0 saturated heterocycles. The van der Waals surface area contributed by atoms with Crippen LogP contribution >= 0.6 is 0 Å². The van der Waals surface area contributed by atoms with Crippen molar-refractivity contribution in [2.75, 3.05) is 0 Å². The normalized spacial score (nSPS) is 10.0. The van der Waals surface area contributed by atoms with Crippen molar-refractivity contribution >= 4 is 5.97 Å². The van der Waals surface area contributed by atoms with Gasteiger partial charge in [-0.1, -0.05) is 19.8 Å². The van der Waals surface area contributed by atoms with E-state index in [0.29, 0.717) is 12.2 Å². The van der Waals surface area contributed by atoms with E-state index in [2.05, 4.69) is 6.92 Å². The highest BCUT2D eigenvalue weighted by Crippen LogP contribution is 2.12. The van der Waals surface area contributed by atoms with Crippen LogP contribution < -0.4 is 4.74 Å². The third kappa shape index (κ3) is 4.58. The zero-order valence-electron chi connectivity index (χ0n) is 8.83. The van der Waals surface area contributed by atoms with Crippen LogP contribution in [-0.4, -0.2) is 5.97 Å². The highest BCUT2D eigenvalue weighted by atomic mass is 19.1. The maximum atomic E-state index is 12.5. The maximum Gasteiger partial charge on any atom is 0.311 e. The molecule has 0 fully saturated rings. The number of carbonyl (C=O) groups is 1. The molecule has 3 heteroatoms. The topological polar surface area (TPSA) is 26.3 Å². The van der Waals surface area contributed by atoms with Gasteiger partial charge in [0, 0.05) is 6.42 Å². The first-order valence-electron chi connectivity index (χ1n) is 5.18. The minimum absolute atomic E-state index is 0.255. The highest BCUT2D eigenvalue weighted by molar-refractivity contribution is 5.72. The molecular formula is C12H15FO2. The van der Waals surface area contributed by atoms with Crippen LogP contribution in [-0.2, 0) is 4.79 Å². The molecule has 0 aromatic heterocycles. The molecule has 0 unspecified atom stereocenters. The zero-order chi connectivity index (χ0) is 11.1. The summed E-state index contributed by atoms with van der Waals surface area (Å²) in [5.74, 6) is -0.186. The van der Waals surface area contributed by atoms with E-state index >= 15 is 0 Å². The second-order valence-corrected chi connectivity index (χ2v) is 3.39. The van der Waals surface area contributed by atoms with Crippen molar-refractivity contribution < 1.29 is 13.9 Å². The van der Waals surface area contributed by atoms with Gasteiger partial charge in [-0.3, -0.25) is 4.79 Å². The molecule has 1 rings (SSSR count). The van der Waals surface area contributed by atoms with Gasteiger partial charge >= 0.3 is 5.97 Å². The van der Waals surface area contributed by atoms with Crippen molar-refractivity contribution in [1.82, 2.24) is 0 Å². The Hall–Kier alpha value is -1.38. The molecule has 0 amide bonds. The van der Waals surface area contributed by atoms with Crippen LogP contribution in [0.1, 0.15) is 32.6 Å². The van der Waals surface area contributed by atoms with Crippen LogP contribution in [0.15, 0.2) is 24.3 Å². The predicted octanol–water partition coefficient (Wildman–Crippen LogP) is 3.31. The van der Waals surface area contributed by atoms with Crippen molar-refractivity contribution in [3.05, 3.63) is 30.1 Å². The molecule has 0 saturated carbocycles. The number of esters is 1. The second kappa shape index (κ2) is 6.17. The van der Waals surface area contributed by atoms with Crippen LogP contribution in [0.4, 0.5) is 4.39 Å². The lowest BCUT2D eigenvalue weighted by atomic mass is 10.2. The van der Waals surface area contributed by atoms with E-state index < -0.39 is 0 Å². The smallest absolute Gasteiger partial charge is 0.311 e. The predicted molar refractivity (Wildman–Crippen MR) is 56.2 cm³/mol. The molecule has 0 heterocycles. The summed E-state index contributed by atoms with van der Waals surface area (Å²) < 4.78 is 17.5. The Kier molecular flexibility index (Phi) is 4.81. The lowest BCUT2D eigenvalue weighted by Gasteiger charge is -2.03. The Morgan fingerprint density at radius 2 is 1.93 bits per heavy atom. The molecular weight excluding hydrogens is 195 g/mol. The average Bonchev–Trinajstić information content (AvgIpc) is 2.22. The minimum atomic E-state index is -0.333. The van der Waals surface area contributed by atoms with Gasteiger partial charge in [0.25, 0.3) is 0 Å². The van der Waals surface area contributed by atoms with E-state index in [4.69, 9.17) is 4.74 Å². The molecule has 1 aromatic carbocycles. The molecule has 1 aromatic rings. The third-order valence-corrected chi connectivity index (χ3v) is 2.03. The van der Waals surface area contributed by atoms with Crippen molar-refractivity contribution in [2.24, 2.45) is 0 Å². The van der Waals surface area contributed by atoms with Crippen molar-refractivity contribution in [3.63, 3.8) is 0 Å². The van der Waals surface area contributed by atoms with Gasteiger partial charge in [0.1, 0.15) is 11.6 Å². The Morgan fingerprint density at radius 1 is 1.27 bits per heavy atom. The molecule has 0 aliphatic rings. The molecule has 0 N–H and O–H groups in total. The molecule has 0 bridgehead atoms. The largest absolute Gasteiger partial charge is 0.427 e. The summed E-state index contributed by atoms with van der Waals surface area (Å²) in [7, 11) is 0. The summed E-state index contributed by atoms with van der Waals surface area (Å²) in [6, 6.07) is 5.45. The van der Waals surface area contributed by atoms with Crippen molar-refractivity contribution in [1.29, 1.82) is 0 Å². The number of carbonyl (C=O) groups excluding carboxylic acids is 1. The monoisotopic (exact) mass is 210 g/mol. The summed E-state index contributed by atoms with van der Waals surface area (Å²) in [4.78, 5) is 11.3. The number of benzene rings is 1. The Balaban J connectivity index is 2.34. The fourth-order valence-electron chi connectivity index (χ4n) is 1.20. The fourth-order valence-corrected chi connectivity index (χ4v) is 1.20. The van der Waals surface area contributed by atoms with E-state index in [0.717, 1.165) is 19.3 Å². The second-order valence-electron chi connectivity index (χ2n) is 3.39. The van der Waals surface area contributed by atoms with E-state index in [1.807, 2.05) is 0 Å². The minimum Gasteiger partial charge on any atom is -0.427 e. The number of ether oxygens (including phenoxy) is 1. The summed E-state index contributed by atoms with van der Waals surface area (Å²) in [5.41, 5.74) is 0. The summed E-state index contributed by atoms with van der Waals surface area (Å²) in [6.45, 7) is 2.07. The van der Waals surface area contributed by atoms with Crippen molar-refractivity contribution in [2.45, 2.75) is 32.6 Å². The first kappa shape index (κ1) is 11.7. The zero-order valence-corrected chi connectivity index (χ0v) is 8.83. The number of hydrogen-bond donors (Lipinski definition) is 0. The number of rotatable bonds is 5. The molecule has 0 spiro atoms. The van der Waals surface area contributed by atoms with Crippen LogP contribution in [0.25, 0.3) is 0 Å². The molecule has 0 aliphatic heterocycles. The molecule has 15 heavy (non-hydrogen) atoms. The van der Waals surface area contributed by atoms with Gasteiger partial charge in [-0.15, -0.1) is 0 Å². The van der Waals surface area contributed by atoms with E-state index in [1.165, 1.54) is 24.3 Å². The standard InChI is InChI=1S/C12H15FO2/c1-2-3-4-5-12(14)15-11-8-6-10(13)7-9-11/h6-9H,2-5H2,1H3.